The van der Waals surface area contributed by atoms with Gasteiger partial charge in [-0.05, 0) is 45.3 Å². The minimum absolute atomic E-state index is 0.609. The Kier molecular flexibility index (Phi) is 4.64. The number of H-pyrrole nitrogens is 1. The Morgan fingerprint density at radius 3 is 2.52 bits per heavy atom. The number of anilines is 2. The van der Waals surface area contributed by atoms with Crippen LogP contribution in [-0.2, 0) is 0 Å². The van der Waals surface area contributed by atoms with Crippen LogP contribution in [0.4, 0.5) is 11.5 Å². The van der Waals surface area contributed by atoms with Gasteiger partial charge in [0.05, 0.1) is 11.2 Å². The Morgan fingerprint density at radius 2 is 1.74 bits per heavy atom. The average Bonchev–Trinajstić information content (AvgIpc) is 3.02. The van der Waals surface area contributed by atoms with E-state index in [4.69, 9.17) is 15.7 Å². The van der Waals surface area contributed by atoms with E-state index in [0.717, 1.165) is 52.8 Å². The monoisotopic (exact) mass is 360 g/mol. The second-order valence-corrected chi connectivity index (χ2v) is 6.96. The Balaban J connectivity index is 1.75. The molecule has 0 atom stereocenters. The van der Waals surface area contributed by atoms with Crippen LogP contribution in [0.3, 0.4) is 0 Å². The number of rotatable bonds is 6. The lowest BCUT2D eigenvalue weighted by atomic mass is 10.2. The van der Waals surface area contributed by atoms with Crippen LogP contribution in [0, 0.1) is 0 Å². The van der Waals surface area contributed by atoms with Gasteiger partial charge in [-0.1, -0.05) is 30.3 Å². The fourth-order valence-corrected chi connectivity index (χ4v) is 3.27. The van der Waals surface area contributed by atoms with E-state index in [1.165, 1.54) is 0 Å². The number of aromatic amines is 1. The van der Waals surface area contributed by atoms with Crippen LogP contribution in [0.1, 0.15) is 6.42 Å². The Bertz CT molecular complexity index is 1080. The highest BCUT2D eigenvalue weighted by molar-refractivity contribution is 6.00. The zero-order valence-corrected chi connectivity index (χ0v) is 15.7. The normalized spacial score (nSPS) is 11.5. The van der Waals surface area contributed by atoms with Crippen molar-refractivity contribution in [1.29, 1.82) is 0 Å². The Morgan fingerprint density at radius 1 is 1.00 bits per heavy atom. The molecule has 0 aliphatic rings. The number of fused-ring (bicyclic) bond motifs is 2. The Labute approximate surface area is 158 Å². The van der Waals surface area contributed by atoms with Gasteiger partial charge in [-0.3, -0.25) is 0 Å². The standard InChI is InChI=1S/C21H24N6/c1-27(2)13-7-12-23-20-15-9-4-6-11-17(15)25-21(26-20)19-18(22)14-8-3-5-10-16(14)24-19/h3-6,8-11,24H,7,12-13,22H2,1-2H3,(H,23,25,26). The van der Waals surface area contributed by atoms with Crippen molar-refractivity contribution < 1.29 is 0 Å². The fraction of sp³-hybridized carbons (Fsp3) is 0.238. The van der Waals surface area contributed by atoms with Crippen LogP contribution in [0.25, 0.3) is 33.3 Å². The second kappa shape index (κ2) is 7.25. The van der Waals surface area contributed by atoms with Crippen LogP contribution < -0.4 is 11.1 Å². The molecule has 6 heteroatoms. The largest absolute Gasteiger partial charge is 0.396 e. The topological polar surface area (TPSA) is 82.9 Å². The highest BCUT2D eigenvalue weighted by Gasteiger charge is 2.15. The van der Waals surface area contributed by atoms with Gasteiger partial charge in [0.1, 0.15) is 11.5 Å². The van der Waals surface area contributed by atoms with Crippen LogP contribution >= 0.6 is 0 Å². The predicted molar refractivity (Wildman–Crippen MR) is 113 cm³/mol. The van der Waals surface area contributed by atoms with Gasteiger partial charge in [-0.25, -0.2) is 9.97 Å². The third-order valence-corrected chi connectivity index (χ3v) is 4.65. The third-order valence-electron chi connectivity index (χ3n) is 4.65. The van der Waals surface area contributed by atoms with Crippen LogP contribution in [0.15, 0.2) is 48.5 Å². The molecule has 2 aromatic carbocycles. The van der Waals surface area contributed by atoms with Gasteiger partial charge >= 0.3 is 0 Å². The van der Waals surface area contributed by atoms with Crippen LogP contribution in [0.2, 0.25) is 0 Å². The zero-order chi connectivity index (χ0) is 18.8. The van der Waals surface area contributed by atoms with Crippen molar-refractivity contribution in [3.8, 4) is 11.5 Å². The molecular formula is C21H24N6. The molecule has 2 heterocycles. The van der Waals surface area contributed by atoms with Gasteiger partial charge in [-0.2, -0.15) is 0 Å². The smallest absolute Gasteiger partial charge is 0.180 e. The van der Waals surface area contributed by atoms with Gasteiger partial charge in [0, 0.05) is 22.8 Å². The summed E-state index contributed by atoms with van der Waals surface area (Å²) in [6.07, 6.45) is 1.04. The van der Waals surface area contributed by atoms with Crippen LogP contribution in [-0.4, -0.2) is 47.0 Å². The molecule has 27 heavy (non-hydrogen) atoms. The molecule has 4 rings (SSSR count). The number of nitrogens with two attached hydrogens (primary N) is 1. The van der Waals surface area contributed by atoms with E-state index in [2.05, 4.69) is 29.3 Å². The molecule has 0 aliphatic carbocycles. The molecule has 0 aliphatic heterocycles. The SMILES string of the molecule is CN(C)CCCNc1nc(-c2[nH]c3ccccc3c2N)nc2ccccc12. The van der Waals surface area contributed by atoms with E-state index in [1.807, 2.05) is 48.5 Å². The molecule has 0 radical (unpaired) electrons. The molecule has 0 bridgehead atoms. The number of nitrogens with one attached hydrogen (secondary N) is 2. The van der Waals surface area contributed by atoms with Crippen molar-refractivity contribution >= 4 is 33.3 Å². The van der Waals surface area contributed by atoms with Gasteiger partial charge in [0.25, 0.3) is 0 Å². The van der Waals surface area contributed by atoms with Crippen molar-refractivity contribution in [2.24, 2.45) is 0 Å². The highest BCUT2D eigenvalue weighted by atomic mass is 15.1. The van der Waals surface area contributed by atoms with Gasteiger partial charge < -0.3 is 20.9 Å². The number of para-hydroxylation sites is 2. The van der Waals surface area contributed by atoms with E-state index in [0.29, 0.717) is 11.5 Å². The molecule has 0 spiro atoms. The van der Waals surface area contributed by atoms with E-state index in [1.54, 1.807) is 0 Å². The van der Waals surface area contributed by atoms with Crippen LogP contribution in [0.5, 0.6) is 0 Å². The summed E-state index contributed by atoms with van der Waals surface area (Å²) in [4.78, 5) is 15.1. The summed E-state index contributed by atoms with van der Waals surface area (Å²) < 4.78 is 0. The Hall–Kier alpha value is -3.12. The fourth-order valence-electron chi connectivity index (χ4n) is 3.27. The molecular weight excluding hydrogens is 336 g/mol. The molecule has 0 amide bonds. The van der Waals surface area contributed by atoms with E-state index in [9.17, 15) is 0 Å². The first-order valence-electron chi connectivity index (χ1n) is 9.15. The first-order chi connectivity index (χ1) is 13.1. The van der Waals surface area contributed by atoms with Gasteiger partial charge in [0.15, 0.2) is 5.82 Å². The van der Waals surface area contributed by atoms with Gasteiger partial charge in [0.2, 0.25) is 0 Å². The lowest BCUT2D eigenvalue weighted by molar-refractivity contribution is 0.405. The minimum Gasteiger partial charge on any atom is -0.396 e. The summed E-state index contributed by atoms with van der Waals surface area (Å²) in [6.45, 7) is 1.87. The molecule has 6 nitrogen and oxygen atoms in total. The summed E-state index contributed by atoms with van der Waals surface area (Å²) in [6, 6.07) is 16.0. The maximum absolute atomic E-state index is 6.38. The summed E-state index contributed by atoms with van der Waals surface area (Å²) in [7, 11) is 4.16. The lowest BCUT2D eigenvalue weighted by Crippen LogP contribution is -2.17. The van der Waals surface area contributed by atoms with Crippen molar-refractivity contribution in [3.63, 3.8) is 0 Å². The van der Waals surface area contributed by atoms with E-state index in [-0.39, 0.29) is 0 Å². The maximum Gasteiger partial charge on any atom is 0.180 e. The number of aromatic nitrogens is 3. The summed E-state index contributed by atoms with van der Waals surface area (Å²) >= 11 is 0. The zero-order valence-electron chi connectivity index (χ0n) is 15.7. The van der Waals surface area contributed by atoms with E-state index < -0.39 is 0 Å². The molecule has 0 fully saturated rings. The second-order valence-electron chi connectivity index (χ2n) is 6.96. The summed E-state index contributed by atoms with van der Waals surface area (Å²) in [5, 5.41) is 5.48. The average molecular weight is 360 g/mol. The molecule has 4 N–H and O–H groups in total. The number of benzene rings is 2. The van der Waals surface area contributed by atoms with Crippen molar-refractivity contribution in [3.05, 3.63) is 48.5 Å². The van der Waals surface area contributed by atoms with Gasteiger partial charge in [-0.15, -0.1) is 0 Å². The van der Waals surface area contributed by atoms with E-state index >= 15 is 0 Å². The molecule has 2 aromatic heterocycles. The lowest BCUT2D eigenvalue weighted by Gasteiger charge is -2.12. The van der Waals surface area contributed by atoms with Crippen molar-refractivity contribution in [2.45, 2.75) is 6.42 Å². The number of nitrogen functional groups attached to an aromatic ring is 1. The summed E-state index contributed by atoms with van der Waals surface area (Å²) in [5.74, 6) is 1.45. The minimum atomic E-state index is 0.609. The quantitative estimate of drug-likeness (QED) is 0.457. The third kappa shape index (κ3) is 3.44. The predicted octanol–water partition coefficient (Wildman–Crippen LogP) is 3.72. The number of nitrogens with zero attached hydrogens (tertiary/aromatic N) is 3. The number of hydrogen-bond acceptors (Lipinski definition) is 5. The molecule has 0 unspecified atom stereocenters. The van der Waals surface area contributed by atoms with Crippen molar-refractivity contribution in [2.75, 3.05) is 38.2 Å². The highest BCUT2D eigenvalue weighted by Crippen LogP contribution is 2.32. The van der Waals surface area contributed by atoms with Crippen molar-refractivity contribution in [1.82, 2.24) is 19.9 Å². The number of hydrogen-bond donors (Lipinski definition) is 3. The maximum atomic E-state index is 6.38. The first-order valence-corrected chi connectivity index (χ1v) is 9.15. The first kappa shape index (κ1) is 17.3. The summed E-state index contributed by atoms with van der Waals surface area (Å²) in [5.41, 5.74) is 9.71. The molecule has 138 valence electrons. The molecule has 0 saturated heterocycles. The molecule has 0 saturated carbocycles. The molecule has 4 aromatic rings.